The Kier molecular flexibility index (Phi) is 6.85. The summed E-state index contributed by atoms with van der Waals surface area (Å²) in [7, 11) is 0. The number of carbonyl (C=O) groups is 2. The van der Waals surface area contributed by atoms with Crippen molar-refractivity contribution in [3.63, 3.8) is 0 Å². The second-order valence-electron chi connectivity index (χ2n) is 11.2. The van der Waals surface area contributed by atoms with Crippen LogP contribution in [0.2, 0.25) is 0 Å². The van der Waals surface area contributed by atoms with Gasteiger partial charge in [-0.05, 0) is 104 Å². The van der Waals surface area contributed by atoms with Crippen LogP contribution in [-0.2, 0) is 22.4 Å². The average Bonchev–Trinajstić information content (AvgIpc) is 2.67. The zero-order chi connectivity index (χ0) is 23.0. The SMILES string of the molecule is CCCN1CCC[C@@H]2Cc3c(ccc(OC(=O)C(C)(C)C)c3OC(=O)C(C)(C)C)CC21. The molecule has 0 amide bonds. The largest absolute Gasteiger partial charge is 0.422 e. The van der Waals surface area contributed by atoms with Gasteiger partial charge >= 0.3 is 11.9 Å². The molecular weight excluding hydrogens is 390 g/mol. The van der Waals surface area contributed by atoms with Crippen LogP contribution in [0, 0.1) is 16.7 Å². The second-order valence-corrected chi connectivity index (χ2v) is 11.2. The quantitative estimate of drug-likeness (QED) is 0.488. The molecule has 0 spiro atoms. The highest BCUT2D eigenvalue weighted by molar-refractivity contribution is 5.82. The minimum Gasteiger partial charge on any atom is -0.422 e. The first-order valence-electron chi connectivity index (χ1n) is 11.7. The fraction of sp³-hybridized carbons (Fsp3) is 0.692. The van der Waals surface area contributed by atoms with E-state index in [9.17, 15) is 9.59 Å². The van der Waals surface area contributed by atoms with Crippen LogP contribution in [0.1, 0.15) is 78.9 Å². The number of carbonyl (C=O) groups excluding carboxylic acids is 2. The number of nitrogens with zero attached hydrogens (tertiary/aromatic N) is 1. The molecule has 31 heavy (non-hydrogen) atoms. The summed E-state index contributed by atoms with van der Waals surface area (Å²) in [6.07, 6.45) is 5.35. The van der Waals surface area contributed by atoms with E-state index in [2.05, 4.69) is 17.9 Å². The van der Waals surface area contributed by atoms with Crippen molar-refractivity contribution >= 4 is 11.9 Å². The summed E-state index contributed by atoms with van der Waals surface area (Å²) in [4.78, 5) is 28.0. The van der Waals surface area contributed by atoms with E-state index in [0.29, 0.717) is 23.5 Å². The number of hydrogen-bond acceptors (Lipinski definition) is 5. The number of likely N-dealkylation sites (tertiary alicyclic amines) is 1. The molecule has 1 aromatic carbocycles. The zero-order valence-corrected chi connectivity index (χ0v) is 20.3. The second kappa shape index (κ2) is 8.93. The number of rotatable bonds is 4. The molecule has 1 aromatic rings. The van der Waals surface area contributed by atoms with E-state index in [4.69, 9.17) is 9.47 Å². The zero-order valence-electron chi connectivity index (χ0n) is 20.3. The highest BCUT2D eigenvalue weighted by atomic mass is 16.6. The van der Waals surface area contributed by atoms with Gasteiger partial charge in [0, 0.05) is 11.6 Å². The topological polar surface area (TPSA) is 55.8 Å². The van der Waals surface area contributed by atoms with Gasteiger partial charge in [-0.2, -0.15) is 0 Å². The number of esters is 2. The molecule has 0 N–H and O–H groups in total. The van der Waals surface area contributed by atoms with E-state index in [-0.39, 0.29) is 11.9 Å². The van der Waals surface area contributed by atoms with Gasteiger partial charge in [-0.25, -0.2) is 0 Å². The molecule has 0 aromatic heterocycles. The molecule has 1 unspecified atom stereocenters. The summed E-state index contributed by atoms with van der Waals surface area (Å²) in [5.41, 5.74) is 0.956. The Labute approximate surface area is 187 Å². The Morgan fingerprint density at radius 2 is 1.65 bits per heavy atom. The van der Waals surface area contributed by atoms with E-state index < -0.39 is 10.8 Å². The molecule has 1 fully saturated rings. The molecule has 0 saturated carbocycles. The van der Waals surface area contributed by atoms with Crippen molar-refractivity contribution in [1.29, 1.82) is 0 Å². The normalized spacial score (nSPS) is 21.8. The van der Waals surface area contributed by atoms with E-state index >= 15 is 0 Å². The first-order valence-corrected chi connectivity index (χ1v) is 11.7. The van der Waals surface area contributed by atoms with Gasteiger partial charge in [-0.1, -0.05) is 13.0 Å². The minimum atomic E-state index is -0.645. The van der Waals surface area contributed by atoms with E-state index in [1.807, 2.05) is 41.5 Å². The van der Waals surface area contributed by atoms with Crippen molar-refractivity contribution in [1.82, 2.24) is 4.90 Å². The maximum atomic E-state index is 12.8. The lowest BCUT2D eigenvalue weighted by Crippen LogP contribution is -2.49. The third-order valence-corrected chi connectivity index (χ3v) is 6.38. The van der Waals surface area contributed by atoms with Crippen LogP contribution in [0.15, 0.2) is 12.1 Å². The molecule has 0 bridgehead atoms. The number of fused-ring (bicyclic) bond motifs is 2. The first kappa shape index (κ1) is 23.8. The molecule has 3 rings (SSSR count). The predicted octanol–water partition coefficient (Wildman–Crippen LogP) is 5.18. The number of hydrogen-bond donors (Lipinski definition) is 0. The smallest absolute Gasteiger partial charge is 0.316 e. The summed E-state index contributed by atoms with van der Waals surface area (Å²) in [6, 6.07) is 4.40. The van der Waals surface area contributed by atoms with Gasteiger partial charge in [-0.15, -0.1) is 0 Å². The standard InChI is InChI=1S/C26H39NO4/c1-8-13-27-14-9-10-18-15-19-17(16-20(18)27)11-12-21(30-23(28)25(2,3)4)22(19)31-24(29)26(5,6)7/h11-12,18,20H,8-10,13-16H2,1-7H3/t18-,20?/m1/s1. The molecular formula is C26H39NO4. The molecule has 1 aliphatic carbocycles. The Balaban J connectivity index is 2.00. The lowest BCUT2D eigenvalue weighted by molar-refractivity contribution is -0.145. The maximum Gasteiger partial charge on any atom is 0.316 e. The molecule has 5 nitrogen and oxygen atoms in total. The molecule has 2 atom stereocenters. The van der Waals surface area contributed by atoms with Gasteiger partial charge in [0.2, 0.25) is 0 Å². The summed E-state index contributed by atoms with van der Waals surface area (Å²) in [6.45, 7) is 15.5. The van der Waals surface area contributed by atoms with Gasteiger partial charge in [-0.3, -0.25) is 14.5 Å². The van der Waals surface area contributed by atoms with Crippen molar-refractivity contribution in [3.8, 4) is 11.5 Å². The van der Waals surface area contributed by atoms with Crippen LogP contribution in [0.25, 0.3) is 0 Å². The summed E-state index contributed by atoms with van der Waals surface area (Å²) < 4.78 is 11.7. The lowest BCUT2D eigenvalue weighted by atomic mass is 9.75. The molecule has 1 saturated heterocycles. The fourth-order valence-electron chi connectivity index (χ4n) is 4.55. The van der Waals surface area contributed by atoms with Crippen molar-refractivity contribution in [2.45, 2.75) is 86.6 Å². The highest BCUT2D eigenvalue weighted by Crippen LogP contribution is 2.44. The first-order chi connectivity index (χ1) is 14.4. The molecule has 5 heteroatoms. The van der Waals surface area contributed by atoms with E-state index in [1.54, 1.807) is 6.07 Å². The van der Waals surface area contributed by atoms with Crippen LogP contribution in [0.5, 0.6) is 11.5 Å². The maximum absolute atomic E-state index is 12.8. The molecule has 1 aliphatic heterocycles. The third-order valence-electron chi connectivity index (χ3n) is 6.38. The Bertz CT molecular complexity index is 829. The number of ether oxygens (including phenoxy) is 2. The van der Waals surface area contributed by atoms with Crippen LogP contribution in [0.3, 0.4) is 0 Å². The monoisotopic (exact) mass is 429 g/mol. The van der Waals surface area contributed by atoms with Gasteiger partial charge < -0.3 is 9.47 Å². The molecule has 2 aliphatic rings. The van der Waals surface area contributed by atoms with Crippen LogP contribution < -0.4 is 9.47 Å². The van der Waals surface area contributed by atoms with Gasteiger partial charge in [0.05, 0.1) is 10.8 Å². The van der Waals surface area contributed by atoms with Crippen LogP contribution >= 0.6 is 0 Å². The Morgan fingerprint density at radius 3 is 2.26 bits per heavy atom. The van der Waals surface area contributed by atoms with Gasteiger partial charge in [0.1, 0.15) is 0 Å². The van der Waals surface area contributed by atoms with E-state index in [1.165, 1.54) is 18.4 Å². The van der Waals surface area contributed by atoms with Crippen molar-refractivity contribution < 1.29 is 19.1 Å². The fourth-order valence-corrected chi connectivity index (χ4v) is 4.55. The molecule has 172 valence electrons. The van der Waals surface area contributed by atoms with E-state index in [0.717, 1.165) is 37.9 Å². The average molecular weight is 430 g/mol. The van der Waals surface area contributed by atoms with Crippen molar-refractivity contribution in [2.24, 2.45) is 16.7 Å². The van der Waals surface area contributed by atoms with Gasteiger partial charge in [0.25, 0.3) is 0 Å². The Morgan fingerprint density at radius 1 is 1.00 bits per heavy atom. The molecule has 0 radical (unpaired) electrons. The number of benzene rings is 1. The van der Waals surface area contributed by atoms with Crippen LogP contribution in [0.4, 0.5) is 0 Å². The third kappa shape index (κ3) is 5.31. The number of piperidine rings is 1. The van der Waals surface area contributed by atoms with Crippen molar-refractivity contribution in [3.05, 3.63) is 23.3 Å². The summed E-state index contributed by atoms with van der Waals surface area (Å²) in [5.74, 6) is 0.693. The molecule has 1 heterocycles. The lowest BCUT2D eigenvalue weighted by Gasteiger charge is -2.45. The minimum absolute atomic E-state index is 0.313. The van der Waals surface area contributed by atoms with Gasteiger partial charge in [0.15, 0.2) is 11.5 Å². The van der Waals surface area contributed by atoms with Crippen LogP contribution in [-0.4, -0.2) is 36.0 Å². The Hall–Kier alpha value is -1.88. The summed E-state index contributed by atoms with van der Waals surface area (Å²) >= 11 is 0. The van der Waals surface area contributed by atoms with Crippen molar-refractivity contribution in [2.75, 3.05) is 13.1 Å². The highest BCUT2D eigenvalue weighted by Gasteiger charge is 2.38. The predicted molar refractivity (Wildman–Crippen MR) is 122 cm³/mol. The summed E-state index contributed by atoms with van der Waals surface area (Å²) in [5, 5.41) is 0.